The van der Waals surface area contributed by atoms with Gasteiger partial charge in [-0.15, -0.1) is 0 Å². The molecule has 0 heterocycles. The van der Waals surface area contributed by atoms with Crippen LogP contribution in [0.5, 0.6) is 11.5 Å². The summed E-state index contributed by atoms with van der Waals surface area (Å²) < 4.78 is 11.3. The molecule has 26 heavy (non-hydrogen) atoms. The summed E-state index contributed by atoms with van der Waals surface area (Å²) in [5.41, 5.74) is 3.16. The molecule has 0 aliphatic carbocycles. The summed E-state index contributed by atoms with van der Waals surface area (Å²) in [6.07, 6.45) is 0.959. The van der Waals surface area contributed by atoms with Gasteiger partial charge in [0.2, 0.25) is 0 Å². The third-order valence-corrected chi connectivity index (χ3v) is 4.36. The smallest absolute Gasteiger partial charge is 0.161 e. The lowest BCUT2D eigenvalue weighted by Gasteiger charge is -2.15. The predicted molar refractivity (Wildman–Crippen MR) is 103 cm³/mol. The molecule has 0 saturated carbocycles. The molecule has 0 amide bonds. The van der Waals surface area contributed by atoms with Gasteiger partial charge in [-0.2, -0.15) is 0 Å². The number of methoxy groups -OCH3 is 1. The summed E-state index contributed by atoms with van der Waals surface area (Å²) in [6.45, 7) is 0.479. The second-order valence-electron chi connectivity index (χ2n) is 6.22. The van der Waals surface area contributed by atoms with Crippen LogP contribution in [-0.4, -0.2) is 12.2 Å². The number of ether oxygens (including phenoxy) is 2. The fourth-order valence-electron chi connectivity index (χ4n) is 2.86. The SMILES string of the molecule is COc1cc(C(O)CCc2ccccc2)ccc1OCc1ccccc1. The number of benzene rings is 3. The Bertz CT molecular complexity index is 800. The van der Waals surface area contributed by atoms with Crippen molar-refractivity contribution in [2.75, 3.05) is 7.11 Å². The molecule has 0 saturated heterocycles. The summed E-state index contributed by atoms with van der Waals surface area (Å²) in [6, 6.07) is 25.8. The van der Waals surface area contributed by atoms with Gasteiger partial charge < -0.3 is 14.6 Å². The van der Waals surface area contributed by atoms with E-state index in [0.29, 0.717) is 24.5 Å². The highest BCUT2D eigenvalue weighted by molar-refractivity contribution is 5.43. The number of aliphatic hydroxyl groups is 1. The largest absolute Gasteiger partial charge is 0.493 e. The molecule has 3 heteroatoms. The fraction of sp³-hybridized carbons (Fsp3) is 0.217. The van der Waals surface area contributed by atoms with Gasteiger partial charge in [0.1, 0.15) is 6.61 Å². The van der Waals surface area contributed by atoms with Gasteiger partial charge in [0.25, 0.3) is 0 Å². The van der Waals surface area contributed by atoms with Crippen LogP contribution in [0, 0.1) is 0 Å². The zero-order valence-corrected chi connectivity index (χ0v) is 15.0. The maximum absolute atomic E-state index is 10.5. The number of hydrogen-bond donors (Lipinski definition) is 1. The highest BCUT2D eigenvalue weighted by Gasteiger charge is 2.12. The summed E-state index contributed by atoms with van der Waals surface area (Å²) in [5.74, 6) is 1.31. The molecule has 0 aromatic heterocycles. The van der Waals surface area contributed by atoms with E-state index in [0.717, 1.165) is 17.5 Å². The minimum absolute atomic E-state index is 0.479. The Balaban J connectivity index is 1.63. The van der Waals surface area contributed by atoms with Crippen molar-refractivity contribution < 1.29 is 14.6 Å². The summed E-state index contributed by atoms with van der Waals surface area (Å²) in [4.78, 5) is 0. The number of hydrogen-bond acceptors (Lipinski definition) is 3. The van der Waals surface area contributed by atoms with Gasteiger partial charge in [-0.1, -0.05) is 66.7 Å². The molecule has 0 fully saturated rings. The molecule has 3 aromatic rings. The molecule has 0 bridgehead atoms. The number of aryl methyl sites for hydroxylation is 1. The van der Waals surface area contributed by atoms with Crippen molar-refractivity contribution in [3.05, 3.63) is 95.6 Å². The minimum atomic E-state index is -0.535. The van der Waals surface area contributed by atoms with Crippen LogP contribution in [0.15, 0.2) is 78.9 Å². The van der Waals surface area contributed by atoms with Crippen molar-refractivity contribution in [2.24, 2.45) is 0 Å². The van der Waals surface area contributed by atoms with Crippen molar-refractivity contribution in [2.45, 2.75) is 25.6 Å². The molecule has 3 rings (SSSR count). The van der Waals surface area contributed by atoms with Crippen LogP contribution in [0.3, 0.4) is 0 Å². The van der Waals surface area contributed by atoms with Crippen molar-refractivity contribution in [3.63, 3.8) is 0 Å². The third-order valence-electron chi connectivity index (χ3n) is 4.36. The normalized spacial score (nSPS) is 11.8. The Kier molecular flexibility index (Phi) is 6.29. The number of aliphatic hydroxyl groups excluding tert-OH is 1. The van der Waals surface area contributed by atoms with Crippen LogP contribution in [0.1, 0.15) is 29.2 Å². The maximum Gasteiger partial charge on any atom is 0.161 e. The first-order valence-corrected chi connectivity index (χ1v) is 8.83. The fourth-order valence-corrected chi connectivity index (χ4v) is 2.86. The Labute approximate surface area is 154 Å². The zero-order valence-electron chi connectivity index (χ0n) is 15.0. The highest BCUT2D eigenvalue weighted by atomic mass is 16.5. The van der Waals surface area contributed by atoms with Gasteiger partial charge in [-0.3, -0.25) is 0 Å². The van der Waals surface area contributed by atoms with E-state index in [-0.39, 0.29) is 0 Å². The Morgan fingerprint density at radius 2 is 1.46 bits per heavy atom. The Morgan fingerprint density at radius 1 is 0.808 bits per heavy atom. The lowest BCUT2D eigenvalue weighted by Crippen LogP contribution is -2.02. The van der Waals surface area contributed by atoms with E-state index >= 15 is 0 Å². The average Bonchev–Trinajstić information content (AvgIpc) is 2.72. The predicted octanol–water partition coefficient (Wildman–Crippen LogP) is 4.94. The highest BCUT2D eigenvalue weighted by Crippen LogP contribution is 2.32. The van der Waals surface area contributed by atoms with Crippen LogP contribution in [0.4, 0.5) is 0 Å². The lowest BCUT2D eigenvalue weighted by molar-refractivity contribution is 0.167. The van der Waals surface area contributed by atoms with Crippen LogP contribution in [0.25, 0.3) is 0 Å². The molecule has 0 aliphatic heterocycles. The molecule has 0 spiro atoms. The molecule has 1 N–H and O–H groups in total. The van der Waals surface area contributed by atoms with Gasteiger partial charge in [-0.25, -0.2) is 0 Å². The topological polar surface area (TPSA) is 38.7 Å². The van der Waals surface area contributed by atoms with Crippen LogP contribution < -0.4 is 9.47 Å². The second kappa shape index (κ2) is 9.07. The van der Waals surface area contributed by atoms with Crippen LogP contribution in [-0.2, 0) is 13.0 Å². The quantitative estimate of drug-likeness (QED) is 0.626. The van der Waals surface area contributed by atoms with Crippen molar-refractivity contribution >= 4 is 0 Å². The van der Waals surface area contributed by atoms with Crippen LogP contribution in [0.2, 0.25) is 0 Å². The molecular formula is C23H24O3. The van der Waals surface area contributed by atoms with E-state index < -0.39 is 6.10 Å². The van der Waals surface area contributed by atoms with E-state index in [9.17, 15) is 5.11 Å². The van der Waals surface area contributed by atoms with Gasteiger partial charge in [-0.05, 0) is 41.7 Å². The maximum atomic E-state index is 10.5. The van der Waals surface area contributed by atoms with Gasteiger partial charge in [0, 0.05) is 0 Å². The van der Waals surface area contributed by atoms with Gasteiger partial charge in [0.05, 0.1) is 13.2 Å². The summed E-state index contributed by atoms with van der Waals surface area (Å²) >= 11 is 0. The monoisotopic (exact) mass is 348 g/mol. The lowest BCUT2D eigenvalue weighted by atomic mass is 10.0. The molecule has 0 aliphatic rings. The van der Waals surface area contributed by atoms with E-state index in [1.165, 1.54) is 5.56 Å². The van der Waals surface area contributed by atoms with E-state index in [1.807, 2.05) is 66.7 Å². The van der Waals surface area contributed by atoms with Gasteiger partial charge >= 0.3 is 0 Å². The molecule has 3 aromatic carbocycles. The molecule has 1 atom stereocenters. The molecule has 1 unspecified atom stereocenters. The second-order valence-corrected chi connectivity index (χ2v) is 6.22. The van der Waals surface area contributed by atoms with Crippen LogP contribution >= 0.6 is 0 Å². The summed E-state index contributed by atoms with van der Waals surface area (Å²) in [7, 11) is 1.62. The number of rotatable bonds is 8. The summed E-state index contributed by atoms with van der Waals surface area (Å²) in [5, 5.41) is 10.5. The molecule has 3 nitrogen and oxygen atoms in total. The van der Waals surface area contributed by atoms with Crippen molar-refractivity contribution in [1.82, 2.24) is 0 Å². The van der Waals surface area contributed by atoms with E-state index in [1.54, 1.807) is 7.11 Å². The van der Waals surface area contributed by atoms with Gasteiger partial charge in [0.15, 0.2) is 11.5 Å². The van der Waals surface area contributed by atoms with E-state index in [2.05, 4.69) is 12.1 Å². The zero-order chi connectivity index (χ0) is 18.2. The Hall–Kier alpha value is -2.78. The molecule has 0 radical (unpaired) electrons. The molecule has 134 valence electrons. The third kappa shape index (κ3) is 4.87. The first kappa shape index (κ1) is 18.0. The molecular weight excluding hydrogens is 324 g/mol. The van der Waals surface area contributed by atoms with Crippen molar-refractivity contribution in [3.8, 4) is 11.5 Å². The van der Waals surface area contributed by atoms with E-state index in [4.69, 9.17) is 9.47 Å². The Morgan fingerprint density at radius 3 is 2.12 bits per heavy atom. The minimum Gasteiger partial charge on any atom is -0.493 e. The average molecular weight is 348 g/mol. The first-order chi connectivity index (χ1) is 12.8. The standard InChI is InChI=1S/C23H24O3/c1-25-23-16-20(21(24)14-12-18-8-4-2-5-9-18)13-15-22(23)26-17-19-10-6-3-7-11-19/h2-11,13,15-16,21,24H,12,14,17H2,1H3. The first-order valence-electron chi connectivity index (χ1n) is 8.83. The van der Waals surface area contributed by atoms with Crippen molar-refractivity contribution in [1.29, 1.82) is 0 Å².